The zero-order chi connectivity index (χ0) is 26.3. The Hall–Kier alpha value is -3.70. The second-order valence-electron chi connectivity index (χ2n) is 7.68. The minimum Gasteiger partial charge on any atom is -0.449 e. The molecular weight excluding hydrogens is 499 g/mol. The monoisotopic (exact) mass is 521 g/mol. The van der Waals surface area contributed by atoms with Crippen molar-refractivity contribution in [2.24, 2.45) is 5.73 Å². The summed E-state index contributed by atoms with van der Waals surface area (Å²) in [6.45, 7) is 1.67. The van der Waals surface area contributed by atoms with Crippen molar-refractivity contribution in [3.8, 4) is 11.3 Å². The lowest BCUT2D eigenvalue weighted by Crippen LogP contribution is -2.39. The zero-order valence-electron chi connectivity index (χ0n) is 19.1. The van der Waals surface area contributed by atoms with Crippen LogP contribution in [0, 0.1) is 0 Å². The van der Waals surface area contributed by atoms with Crippen LogP contribution >= 0.6 is 11.6 Å². The maximum absolute atomic E-state index is 13.0. The van der Waals surface area contributed by atoms with Crippen molar-refractivity contribution in [3.63, 3.8) is 0 Å². The number of nitrogens with zero attached hydrogens (tertiary/aromatic N) is 3. The molecule has 1 heterocycles. The van der Waals surface area contributed by atoms with Gasteiger partial charge in [-0.15, -0.1) is 0 Å². The number of carbonyl (C=O) groups is 2. The Morgan fingerprint density at radius 3 is 2.53 bits per heavy atom. The van der Waals surface area contributed by atoms with E-state index in [0.717, 1.165) is 29.2 Å². The van der Waals surface area contributed by atoms with Crippen molar-refractivity contribution in [3.05, 3.63) is 71.4 Å². The number of nitrogens with one attached hydrogen (secondary N) is 1. The van der Waals surface area contributed by atoms with Crippen molar-refractivity contribution in [2.45, 2.75) is 25.6 Å². The van der Waals surface area contributed by atoms with Gasteiger partial charge in [-0.25, -0.2) is 19.7 Å². The molecule has 2 amide bonds. The molecule has 0 bridgehead atoms. The minimum absolute atomic E-state index is 0.0708. The molecule has 12 heteroatoms. The number of hydrogen-bond acceptors (Lipinski definition) is 6. The summed E-state index contributed by atoms with van der Waals surface area (Å²) < 4.78 is 44.4. The number of benzene rings is 2. The Balaban J connectivity index is 1.85. The number of amides is 2. The lowest BCUT2D eigenvalue weighted by Gasteiger charge is -2.21. The van der Waals surface area contributed by atoms with E-state index >= 15 is 0 Å². The Morgan fingerprint density at radius 2 is 1.89 bits per heavy atom. The number of rotatable bonds is 8. The lowest BCUT2D eigenvalue weighted by molar-refractivity contribution is -0.137. The molecule has 0 spiro atoms. The van der Waals surface area contributed by atoms with Gasteiger partial charge in [-0.1, -0.05) is 23.7 Å². The van der Waals surface area contributed by atoms with Crippen molar-refractivity contribution < 1.29 is 27.5 Å². The van der Waals surface area contributed by atoms with Crippen molar-refractivity contribution in [1.29, 1.82) is 0 Å². The van der Waals surface area contributed by atoms with Crippen LogP contribution in [0.2, 0.25) is 5.02 Å². The molecule has 3 aromatic rings. The molecule has 1 aromatic heterocycles. The minimum atomic E-state index is -4.54. The van der Waals surface area contributed by atoms with Gasteiger partial charge in [-0.2, -0.15) is 13.2 Å². The van der Waals surface area contributed by atoms with Gasteiger partial charge >= 0.3 is 12.3 Å². The lowest BCUT2D eigenvalue weighted by atomic mass is 10.1. The van der Waals surface area contributed by atoms with Gasteiger partial charge in [0.05, 0.1) is 29.6 Å². The maximum Gasteiger partial charge on any atom is 0.421 e. The molecule has 3 rings (SSSR count). The Kier molecular flexibility index (Phi) is 8.83. The van der Waals surface area contributed by atoms with E-state index in [1.807, 2.05) is 0 Å². The number of anilines is 2. The van der Waals surface area contributed by atoms with Crippen LogP contribution in [0.4, 0.5) is 29.6 Å². The quantitative estimate of drug-likeness (QED) is 0.406. The Bertz CT molecular complexity index is 1210. The van der Waals surface area contributed by atoms with E-state index in [1.54, 1.807) is 30.3 Å². The summed E-state index contributed by atoms with van der Waals surface area (Å²) in [5, 5.41) is 3.06. The average molecular weight is 522 g/mol. The number of nitrogens with two attached hydrogens (primary N) is 1. The van der Waals surface area contributed by atoms with Crippen molar-refractivity contribution >= 4 is 35.2 Å². The van der Waals surface area contributed by atoms with Crippen LogP contribution in [0.1, 0.15) is 18.9 Å². The molecule has 0 saturated carbocycles. The number of alkyl halides is 3. The highest BCUT2D eigenvalue weighted by atomic mass is 35.5. The fourth-order valence-corrected chi connectivity index (χ4v) is 3.23. The van der Waals surface area contributed by atoms with E-state index in [-0.39, 0.29) is 37.1 Å². The first-order valence-corrected chi connectivity index (χ1v) is 11.2. The van der Waals surface area contributed by atoms with Crippen molar-refractivity contribution in [2.75, 3.05) is 18.1 Å². The van der Waals surface area contributed by atoms with Gasteiger partial charge in [-0.05, 0) is 55.8 Å². The molecule has 36 heavy (non-hydrogen) atoms. The highest BCUT2D eigenvalue weighted by molar-refractivity contribution is 6.30. The highest BCUT2D eigenvalue weighted by Gasteiger charge is 2.31. The SMILES string of the molecule is CC(N)C(=O)NCCCOC(=O)N(c1ccc(C(F)(F)F)cc1)c1nccc(-c2cccc(Cl)c2)n1. The van der Waals surface area contributed by atoms with E-state index < -0.39 is 23.9 Å². The standard InChI is InChI=1S/C24H23ClF3N5O3/c1-15(29)21(34)30-11-3-13-36-23(35)33(19-8-6-17(7-9-19)24(26,27)28)22-31-12-10-20(32-22)16-4-2-5-18(25)14-16/h2,4-10,12,14-15H,3,11,13,29H2,1H3,(H,30,34). The van der Waals surface area contributed by atoms with E-state index in [4.69, 9.17) is 22.1 Å². The summed E-state index contributed by atoms with van der Waals surface area (Å²) >= 11 is 6.06. The summed E-state index contributed by atoms with van der Waals surface area (Å²) in [5.41, 5.74) is 5.75. The summed E-state index contributed by atoms with van der Waals surface area (Å²) in [5.74, 6) is -0.457. The second-order valence-corrected chi connectivity index (χ2v) is 8.12. The molecule has 0 saturated heterocycles. The van der Waals surface area contributed by atoms with Crippen LogP contribution < -0.4 is 16.0 Å². The van der Waals surface area contributed by atoms with Crippen LogP contribution in [0.5, 0.6) is 0 Å². The number of aromatic nitrogens is 2. The molecule has 0 radical (unpaired) electrons. The maximum atomic E-state index is 13.0. The highest BCUT2D eigenvalue weighted by Crippen LogP contribution is 2.32. The summed E-state index contributed by atoms with van der Waals surface area (Å²) in [7, 11) is 0. The molecule has 2 aromatic carbocycles. The topological polar surface area (TPSA) is 110 Å². The normalized spacial score (nSPS) is 12.1. The van der Waals surface area contributed by atoms with Gasteiger partial charge in [-0.3, -0.25) is 4.79 Å². The predicted octanol–water partition coefficient (Wildman–Crippen LogP) is 4.94. The largest absolute Gasteiger partial charge is 0.449 e. The van der Waals surface area contributed by atoms with Gasteiger partial charge in [0.1, 0.15) is 0 Å². The molecule has 190 valence electrons. The van der Waals surface area contributed by atoms with Crippen molar-refractivity contribution in [1.82, 2.24) is 15.3 Å². The van der Waals surface area contributed by atoms with Crippen LogP contribution in [0.15, 0.2) is 60.8 Å². The first-order valence-electron chi connectivity index (χ1n) is 10.8. The molecule has 1 unspecified atom stereocenters. The molecular formula is C24H23ClF3N5O3. The molecule has 0 fully saturated rings. The zero-order valence-corrected chi connectivity index (χ0v) is 19.9. The third kappa shape index (κ3) is 7.15. The molecule has 8 nitrogen and oxygen atoms in total. The first-order chi connectivity index (χ1) is 17.1. The van der Waals surface area contributed by atoms with E-state index in [9.17, 15) is 22.8 Å². The van der Waals surface area contributed by atoms with Crippen LogP contribution in [0.25, 0.3) is 11.3 Å². The molecule has 3 N–H and O–H groups in total. The molecule has 1 atom stereocenters. The summed E-state index contributed by atoms with van der Waals surface area (Å²) in [4.78, 5) is 34.0. The predicted molar refractivity (Wildman–Crippen MR) is 129 cm³/mol. The Morgan fingerprint density at radius 1 is 1.17 bits per heavy atom. The molecule has 0 aliphatic heterocycles. The van der Waals surface area contributed by atoms with Gasteiger partial charge < -0.3 is 15.8 Å². The van der Waals surface area contributed by atoms with E-state index in [0.29, 0.717) is 16.3 Å². The fourth-order valence-electron chi connectivity index (χ4n) is 3.04. The number of hydrogen-bond donors (Lipinski definition) is 2. The second kappa shape index (κ2) is 11.8. The van der Waals surface area contributed by atoms with Gasteiger partial charge in [0.25, 0.3) is 0 Å². The van der Waals surface area contributed by atoms with Gasteiger partial charge in [0.15, 0.2) is 0 Å². The van der Waals surface area contributed by atoms with Crippen LogP contribution in [0.3, 0.4) is 0 Å². The first kappa shape index (κ1) is 26.9. The van der Waals surface area contributed by atoms with Crippen LogP contribution in [-0.4, -0.2) is 41.2 Å². The average Bonchev–Trinajstić information content (AvgIpc) is 2.84. The molecule has 0 aliphatic rings. The fraction of sp³-hybridized carbons (Fsp3) is 0.250. The number of ether oxygens (including phenoxy) is 1. The summed E-state index contributed by atoms with van der Waals surface area (Å²) in [6, 6.07) is 11.7. The van der Waals surface area contributed by atoms with E-state index in [1.165, 1.54) is 13.1 Å². The number of carbonyl (C=O) groups excluding carboxylic acids is 2. The Labute approximate surface area is 210 Å². The third-order valence-electron chi connectivity index (χ3n) is 4.86. The van der Waals surface area contributed by atoms with Gasteiger partial charge in [0.2, 0.25) is 11.9 Å². The summed E-state index contributed by atoms with van der Waals surface area (Å²) in [6.07, 6.45) is -3.75. The van der Waals surface area contributed by atoms with Gasteiger partial charge in [0, 0.05) is 23.3 Å². The van der Waals surface area contributed by atoms with Crippen LogP contribution in [-0.2, 0) is 15.7 Å². The number of halogens is 4. The third-order valence-corrected chi connectivity index (χ3v) is 5.09. The molecule has 0 aliphatic carbocycles. The van der Waals surface area contributed by atoms with E-state index in [2.05, 4.69) is 15.3 Å². The smallest absolute Gasteiger partial charge is 0.421 e.